The van der Waals surface area contributed by atoms with E-state index < -0.39 is 5.41 Å². The summed E-state index contributed by atoms with van der Waals surface area (Å²) in [6.45, 7) is 6.30. The number of benzene rings is 1. The van der Waals surface area contributed by atoms with Gasteiger partial charge in [0.2, 0.25) is 5.91 Å². The van der Waals surface area contributed by atoms with Crippen LogP contribution in [-0.2, 0) is 4.79 Å². The third-order valence-electron chi connectivity index (χ3n) is 3.52. The molecule has 0 bridgehead atoms. The van der Waals surface area contributed by atoms with E-state index in [2.05, 4.69) is 10.3 Å². The summed E-state index contributed by atoms with van der Waals surface area (Å²) in [6, 6.07) is 7.95. The lowest BCUT2D eigenvalue weighted by Gasteiger charge is -2.22. The number of H-pyrrole nitrogens is 1. The number of aromatic amines is 1. The molecule has 1 heterocycles. The summed E-state index contributed by atoms with van der Waals surface area (Å²) in [6.07, 6.45) is 0.667. The number of fused-ring (bicyclic) bond motifs is 1. The van der Waals surface area contributed by atoms with Gasteiger partial charge in [0.25, 0.3) is 0 Å². The minimum absolute atomic E-state index is 0.00537. The molecule has 1 amide bonds. The highest BCUT2D eigenvalue weighted by Crippen LogP contribution is 2.29. The molecule has 4 heteroatoms. The van der Waals surface area contributed by atoms with Crippen molar-refractivity contribution in [2.24, 2.45) is 11.1 Å². The molecule has 2 rings (SSSR count). The van der Waals surface area contributed by atoms with Crippen LogP contribution in [0.4, 0.5) is 5.69 Å². The smallest absolute Gasteiger partial charge is 0.230 e. The van der Waals surface area contributed by atoms with Gasteiger partial charge in [-0.2, -0.15) is 0 Å². The lowest BCUT2D eigenvalue weighted by molar-refractivity contribution is -0.124. The summed E-state index contributed by atoms with van der Waals surface area (Å²) in [5.74, 6) is 0.00537. The number of nitrogens with two attached hydrogens (primary N) is 1. The molecular weight excluding hydrogens is 238 g/mol. The van der Waals surface area contributed by atoms with Crippen molar-refractivity contribution in [1.82, 2.24) is 4.98 Å². The standard InChI is InChI=1S/C15H21N3O/c1-10-13(11-6-4-5-7-12(11)17-10)18-14(19)15(2,3)8-9-16/h4-7,17H,8-9,16H2,1-3H3,(H,18,19). The van der Waals surface area contributed by atoms with Gasteiger partial charge in [0.1, 0.15) is 0 Å². The minimum Gasteiger partial charge on any atom is -0.357 e. The van der Waals surface area contributed by atoms with Crippen molar-refractivity contribution in [1.29, 1.82) is 0 Å². The molecule has 4 N–H and O–H groups in total. The zero-order valence-electron chi connectivity index (χ0n) is 11.7. The monoisotopic (exact) mass is 259 g/mol. The second-order valence-electron chi connectivity index (χ2n) is 5.55. The maximum Gasteiger partial charge on any atom is 0.230 e. The maximum atomic E-state index is 12.3. The molecule has 1 aromatic carbocycles. The zero-order valence-corrected chi connectivity index (χ0v) is 11.7. The van der Waals surface area contributed by atoms with Gasteiger partial charge in [0.05, 0.1) is 5.69 Å². The largest absolute Gasteiger partial charge is 0.357 e. The first-order chi connectivity index (χ1) is 8.95. The van der Waals surface area contributed by atoms with Gasteiger partial charge in [-0.3, -0.25) is 4.79 Å². The molecule has 0 saturated heterocycles. The summed E-state index contributed by atoms with van der Waals surface area (Å²) in [7, 11) is 0. The van der Waals surface area contributed by atoms with Crippen molar-refractivity contribution in [3.05, 3.63) is 30.0 Å². The molecule has 0 spiro atoms. The number of rotatable bonds is 4. The molecule has 0 unspecified atom stereocenters. The van der Waals surface area contributed by atoms with E-state index in [4.69, 9.17) is 5.73 Å². The first kappa shape index (κ1) is 13.6. The molecule has 0 aliphatic heterocycles. The Balaban J connectivity index is 2.31. The van der Waals surface area contributed by atoms with Crippen LogP contribution in [0.25, 0.3) is 10.9 Å². The number of para-hydroxylation sites is 1. The van der Waals surface area contributed by atoms with Crippen molar-refractivity contribution in [3.8, 4) is 0 Å². The molecule has 1 aromatic heterocycles. The van der Waals surface area contributed by atoms with E-state index in [1.165, 1.54) is 0 Å². The van der Waals surface area contributed by atoms with E-state index in [1.807, 2.05) is 45.0 Å². The highest BCUT2D eigenvalue weighted by atomic mass is 16.2. The first-order valence-electron chi connectivity index (χ1n) is 6.54. The van der Waals surface area contributed by atoms with E-state index in [9.17, 15) is 4.79 Å². The lowest BCUT2D eigenvalue weighted by Crippen LogP contribution is -2.32. The summed E-state index contributed by atoms with van der Waals surface area (Å²) in [5.41, 5.74) is 7.97. The number of carbonyl (C=O) groups is 1. The molecule has 0 aliphatic rings. The summed E-state index contributed by atoms with van der Waals surface area (Å²) in [5, 5.41) is 4.07. The van der Waals surface area contributed by atoms with Crippen LogP contribution in [0.1, 0.15) is 26.0 Å². The fourth-order valence-corrected chi connectivity index (χ4v) is 2.19. The quantitative estimate of drug-likeness (QED) is 0.790. The fourth-order valence-electron chi connectivity index (χ4n) is 2.19. The van der Waals surface area contributed by atoms with Gasteiger partial charge in [-0.1, -0.05) is 32.0 Å². The SMILES string of the molecule is Cc1[nH]c2ccccc2c1NC(=O)C(C)(C)CCN. The molecule has 0 saturated carbocycles. The van der Waals surface area contributed by atoms with Gasteiger partial charge in [-0.15, -0.1) is 0 Å². The fraction of sp³-hybridized carbons (Fsp3) is 0.400. The third-order valence-corrected chi connectivity index (χ3v) is 3.52. The van der Waals surface area contributed by atoms with Crippen molar-refractivity contribution >= 4 is 22.5 Å². The average Bonchev–Trinajstić information content (AvgIpc) is 2.66. The van der Waals surface area contributed by atoms with Crippen LogP contribution in [0.15, 0.2) is 24.3 Å². The Kier molecular flexibility index (Phi) is 3.62. The number of hydrogen-bond donors (Lipinski definition) is 3. The van der Waals surface area contributed by atoms with E-state index in [-0.39, 0.29) is 5.91 Å². The van der Waals surface area contributed by atoms with Crippen LogP contribution < -0.4 is 11.1 Å². The Labute approximate surface area is 113 Å². The zero-order chi connectivity index (χ0) is 14.0. The molecule has 0 fully saturated rings. The topological polar surface area (TPSA) is 70.9 Å². The molecule has 19 heavy (non-hydrogen) atoms. The first-order valence-corrected chi connectivity index (χ1v) is 6.54. The Hall–Kier alpha value is -1.81. The summed E-state index contributed by atoms with van der Waals surface area (Å²) >= 11 is 0. The van der Waals surface area contributed by atoms with Gasteiger partial charge in [-0.05, 0) is 26.0 Å². The van der Waals surface area contributed by atoms with Gasteiger partial charge in [0, 0.05) is 22.0 Å². The second kappa shape index (κ2) is 5.05. The van der Waals surface area contributed by atoms with Crippen molar-refractivity contribution < 1.29 is 4.79 Å². The van der Waals surface area contributed by atoms with Crippen LogP contribution >= 0.6 is 0 Å². The van der Waals surface area contributed by atoms with E-state index in [1.54, 1.807) is 0 Å². The predicted molar refractivity (Wildman–Crippen MR) is 79.1 cm³/mol. The van der Waals surface area contributed by atoms with Crippen LogP contribution in [0.2, 0.25) is 0 Å². The van der Waals surface area contributed by atoms with Crippen molar-refractivity contribution in [2.75, 3.05) is 11.9 Å². The normalized spacial score (nSPS) is 11.8. The van der Waals surface area contributed by atoms with Crippen LogP contribution in [0, 0.1) is 12.3 Å². The number of anilines is 1. The number of nitrogens with one attached hydrogen (secondary N) is 2. The summed E-state index contributed by atoms with van der Waals surface area (Å²) in [4.78, 5) is 15.6. The van der Waals surface area contributed by atoms with Gasteiger partial charge in [-0.25, -0.2) is 0 Å². The molecule has 0 radical (unpaired) electrons. The Morgan fingerprint density at radius 3 is 2.74 bits per heavy atom. The molecule has 4 nitrogen and oxygen atoms in total. The predicted octanol–water partition coefficient (Wildman–Crippen LogP) is 2.79. The van der Waals surface area contributed by atoms with Crippen molar-refractivity contribution in [3.63, 3.8) is 0 Å². The average molecular weight is 259 g/mol. The number of aryl methyl sites for hydroxylation is 1. The maximum absolute atomic E-state index is 12.3. The third kappa shape index (κ3) is 2.63. The van der Waals surface area contributed by atoms with Gasteiger partial charge >= 0.3 is 0 Å². The minimum atomic E-state index is -0.459. The molecule has 0 aliphatic carbocycles. The van der Waals surface area contributed by atoms with Crippen molar-refractivity contribution in [2.45, 2.75) is 27.2 Å². The number of carbonyl (C=O) groups excluding carboxylic acids is 1. The number of amides is 1. The molecule has 102 valence electrons. The molecule has 0 atom stereocenters. The van der Waals surface area contributed by atoms with E-state index in [0.29, 0.717) is 13.0 Å². The van der Waals surface area contributed by atoms with Crippen LogP contribution in [0.3, 0.4) is 0 Å². The Morgan fingerprint density at radius 1 is 1.37 bits per heavy atom. The van der Waals surface area contributed by atoms with Crippen LogP contribution in [0.5, 0.6) is 0 Å². The van der Waals surface area contributed by atoms with Gasteiger partial charge in [0.15, 0.2) is 0 Å². The number of hydrogen-bond acceptors (Lipinski definition) is 2. The molecule has 2 aromatic rings. The van der Waals surface area contributed by atoms with E-state index >= 15 is 0 Å². The highest BCUT2D eigenvalue weighted by molar-refractivity contribution is 6.04. The van der Waals surface area contributed by atoms with Crippen LogP contribution in [-0.4, -0.2) is 17.4 Å². The Bertz CT molecular complexity index is 598. The molecular formula is C15H21N3O. The Morgan fingerprint density at radius 2 is 2.05 bits per heavy atom. The highest BCUT2D eigenvalue weighted by Gasteiger charge is 2.27. The van der Waals surface area contributed by atoms with Gasteiger partial charge < -0.3 is 16.0 Å². The summed E-state index contributed by atoms with van der Waals surface area (Å²) < 4.78 is 0. The number of aromatic nitrogens is 1. The lowest BCUT2D eigenvalue weighted by atomic mass is 9.88. The second-order valence-corrected chi connectivity index (χ2v) is 5.55. The van der Waals surface area contributed by atoms with E-state index in [0.717, 1.165) is 22.3 Å².